The topological polar surface area (TPSA) is 54.0 Å². The number of aryl methyl sites for hydroxylation is 1. The van der Waals surface area contributed by atoms with Gasteiger partial charge in [0.25, 0.3) is 0 Å². The summed E-state index contributed by atoms with van der Waals surface area (Å²) in [6.45, 7) is 9.72. The van der Waals surface area contributed by atoms with E-state index in [0.717, 1.165) is 50.4 Å². The van der Waals surface area contributed by atoms with Crippen molar-refractivity contribution in [1.29, 1.82) is 0 Å². The van der Waals surface area contributed by atoms with Gasteiger partial charge in [-0.05, 0) is 84.7 Å². The van der Waals surface area contributed by atoms with Crippen LogP contribution in [0.25, 0.3) is 0 Å². The Labute approximate surface area is 216 Å². The Balaban J connectivity index is 1.50. The molecule has 3 aromatic carbocycles. The zero-order chi connectivity index (χ0) is 25.5. The van der Waals surface area contributed by atoms with E-state index in [9.17, 15) is 5.11 Å². The van der Waals surface area contributed by atoms with Gasteiger partial charge in [0.2, 0.25) is 0 Å². The number of nitrogens with zero attached hydrogens (tertiary/aromatic N) is 1. The van der Waals surface area contributed by atoms with E-state index in [1.807, 2.05) is 12.1 Å². The molecule has 5 nitrogen and oxygen atoms in total. The molecule has 0 saturated heterocycles. The summed E-state index contributed by atoms with van der Waals surface area (Å²) in [6, 6.07) is 21.3. The first-order valence-electron chi connectivity index (χ1n) is 13.2. The van der Waals surface area contributed by atoms with Crippen molar-refractivity contribution in [3.63, 3.8) is 0 Å². The lowest BCUT2D eigenvalue weighted by Gasteiger charge is -2.32. The fourth-order valence-electron chi connectivity index (χ4n) is 5.07. The van der Waals surface area contributed by atoms with Crippen molar-refractivity contribution in [2.24, 2.45) is 0 Å². The molecule has 4 rings (SSSR count). The summed E-state index contributed by atoms with van der Waals surface area (Å²) in [6.07, 6.45) is 3.05. The Morgan fingerprint density at radius 3 is 2.50 bits per heavy atom. The molecule has 0 aliphatic heterocycles. The molecule has 0 bridgehead atoms. The van der Waals surface area contributed by atoms with Gasteiger partial charge in [-0.15, -0.1) is 0 Å². The highest BCUT2D eigenvalue weighted by molar-refractivity contribution is 5.60. The molecule has 192 valence electrons. The highest BCUT2D eigenvalue weighted by atomic mass is 16.5. The van der Waals surface area contributed by atoms with Crippen molar-refractivity contribution in [1.82, 2.24) is 5.32 Å². The quantitative estimate of drug-likeness (QED) is 0.321. The van der Waals surface area contributed by atoms with E-state index < -0.39 is 0 Å². The maximum atomic E-state index is 9.88. The van der Waals surface area contributed by atoms with E-state index in [1.54, 1.807) is 7.11 Å². The van der Waals surface area contributed by atoms with Gasteiger partial charge in [-0.1, -0.05) is 38.1 Å². The number of nitrogens with one attached hydrogen (secondary N) is 1. The number of aromatic hydroxyl groups is 1. The number of hydrogen-bond donors (Lipinski definition) is 2. The number of hydrogen-bond acceptors (Lipinski definition) is 5. The molecule has 0 aromatic heterocycles. The predicted octanol–water partition coefficient (Wildman–Crippen LogP) is 6.08. The number of anilines is 1. The molecular formula is C31H40N2O3. The maximum Gasteiger partial charge on any atom is 0.120 e. The van der Waals surface area contributed by atoms with Crippen LogP contribution in [0.5, 0.6) is 17.2 Å². The van der Waals surface area contributed by atoms with Crippen LogP contribution in [-0.2, 0) is 19.4 Å². The van der Waals surface area contributed by atoms with E-state index in [-0.39, 0.29) is 0 Å². The number of rotatable bonds is 11. The normalized spacial score (nSPS) is 15.0. The number of methoxy groups -OCH3 is 1. The third kappa shape index (κ3) is 6.52. The largest absolute Gasteiger partial charge is 0.508 e. The van der Waals surface area contributed by atoms with Crippen LogP contribution < -0.4 is 19.7 Å². The molecule has 0 fully saturated rings. The second-order valence-electron chi connectivity index (χ2n) is 9.93. The maximum absolute atomic E-state index is 9.88. The molecule has 36 heavy (non-hydrogen) atoms. The second-order valence-corrected chi connectivity index (χ2v) is 9.93. The zero-order valence-corrected chi connectivity index (χ0v) is 22.1. The lowest BCUT2D eigenvalue weighted by molar-refractivity contribution is 0.309. The average Bonchev–Trinajstić information content (AvgIpc) is 2.89. The van der Waals surface area contributed by atoms with E-state index >= 15 is 0 Å². The van der Waals surface area contributed by atoms with Crippen LogP contribution in [-0.4, -0.2) is 38.0 Å². The van der Waals surface area contributed by atoms with Crippen LogP contribution in [0.15, 0.2) is 60.7 Å². The first kappa shape index (κ1) is 25.9. The van der Waals surface area contributed by atoms with Crippen LogP contribution in [0.2, 0.25) is 0 Å². The SMILES string of the molecule is CCN(Cc1ccc(OCCNC(C)C)cc1)c1cc(OC)ccc1C1CCc2cc(O)ccc2C1. The van der Waals surface area contributed by atoms with Crippen LogP contribution >= 0.6 is 0 Å². The highest BCUT2D eigenvalue weighted by Gasteiger charge is 2.24. The third-order valence-electron chi connectivity index (χ3n) is 7.04. The molecule has 0 radical (unpaired) electrons. The standard InChI is InChI=1S/C31H40N2O3/c1-5-33(21-23-6-12-28(13-7-23)36-17-16-32-22(2)3)31-20-29(35-4)14-15-30(31)26-9-8-25-19-27(34)11-10-24(25)18-26/h6-7,10-15,19-20,22,26,32,34H,5,8-9,16-18,21H2,1-4H3. The van der Waals surface area contributed by atoms with Gasteiger partial charge in [-0.2, -0.15) is 0 Å². The van der Waals surface area contributed by atoms with E-state index in [4.69, 9.17) is 9.47 Å². The molecule has 5 heteroatoms. The molecular weight excluding hydrogens is 448 g/mol. The molecule has 0 heterocycles. The van der Waals surface area contributed by atoms with Gasteiger partial charge >= 0.3 is 0 Å². The van der Waals surface area contributed by atoms with Crippen LogP contribution in [0.3, 0.4) is 0 Å². The fraction of sp³-hybridized carbons (Fsp3) is 0.419. The molecule has 3 aromatic rings. The van der Waals surface area contributed by atoms with E-state index in [1.165, 1.54) is 27.9 Å². The van der Waals surface area contributed by atoms with E-state index in [2.05, 4.69) is 79.5 Å². The summed E-state index contributed by atoms with van der Waals surface area (Å²) in [5.74, 6) is 2.58. The predicted molar refractivity (Wildman–Crippen MR) is 148 cm³/mol. The van der Waals surface area contributed by atoms with Gasteiger partial charge in [0.1, 0.15) is 23.9 Å². The lowest BCUT2D eigenvalue weighted by Crippen LogP contribution is -2.27. The van der Waals surface area contributed by atoms with Crippen LogP contribution in [0, 0.1) is 0 Å². The van der Waals surface area contributed by atoms with Crippen molar-refractivity contribution in [3.05, 3.63) is 82.9 Å². The molecule has 0 spiro atoms. The van der Waals surface area contributed by atoms with Gasteiger partial charge < -0.3 is 24.8 Å². The Kier molecular flexibility index (Phi) is 8.76. The Bertz CT molecular complexity index is 1130. The summed E-state index contributed by atoms with van der Waals surface area (Å²) >= 11 is 0. The molecule has 1 aliphatic rings. The van der Waals surface area contributed by atoms with Gasteiger partial charge in [-0.3, -0.25) is 0 Å². The molecule has 1 atom stereocenters. The number of ether oxygens (including phenoxy) is 2. The van der Waals surface area contributed by atoms with Crippen molar-refractivity contribution in [2.45, 2.75) is 58.5 Å². The number of phenolic OH excluding ortho intramolecular Hbond substituents is 1. The minimum absolute atomic E-state index is 0.359. The second kappa shape index (κ2) is 12.2. The number of phenols is 1. The van der Waals surface area contributed by atoms with Crippen molar-refractivity contribution >= 4 is 5.69 Å². The summed E-state index contributed by atoms with van der Waals surface area (Å²) in [5, 5.41) is 13.3. The highest BCUT2D eigenvalue weighted by Crippen LogP contribution is 2.40. The first-order chi connectivity index (χ1) is 17.5. The molecule has 1 unspecified atom stereocenters. The number of benzene rings is 3. The summed E-state index contributed by atoms with van der Waals surface area (Å²) in [4.78, 5) is 2.44. The minimum Gasteiger partial charge on any atom is -0.508 e. The summed E-state index contributed by atoms with van der Waals surface area (Å²) < 4.78 is 11.5. The molecule has 0 saturated carbocycles. The van der Waals surface area contributed by atoms with Gasteiger partial charge in [0.05, 0.1) is 7.11 Å². The minimum atomic E-state index is 0.359. The van der Waals surface area contributed by atoms with Gasteiger partial charge in [0.15, 0.2) is 0 Å². The first-order valence-corrected chi connectivity index (χ1v) is 13.2. The molecule has 2 N–H and O–H groups in total. The van der Waals surface area contributed by atoms with Gasteiger partial charge in [-0.25, -0.2) is 0 Å². The Hall–Kier alpha value is -3.18. The summed E-state index contributed by atoms with van der Waals surface area (Å²) in [7, 11) is 1.73. The van der Waals surface area contributed by atoms with Crippen LogP contribution in [0.4, 0.5) is 5.69 Å². The van der Waals surface area contributed by atoms with Crippen molar-refractivity contribution in [3.8, 4) is 17.2 Å². The van der Waals surface area contributed by atoms with Crippen molar-refractivity contribution in [2.75, 3.05) is 31.7 Å². The molecule has 0 amide bonds. The Morgan fingerprint density at radius 1 is 1.00 bits per heavy atom. The third-order valence-corrected chi connectivity index (χ3v) is 7.04. The lowest BCUT2D eigenvalue weighted by atomic mass is 9.79. The summed E-state index contributed by atoms with van der Waals surface area (Å²) in [5.41, 5.74) is 6.48. The Morgan fingerprint density at radius 2 is 1.78 bits per heavy atom. The zero-order valence-electron chi connectivity index (χ0n) is 22.1. The number of fused-ring (bicyclic) bond motifs is 1. The van der Waals surface area contributed by atoms with Gasteiger partial charge in [0, 0.05) is 37.4 Å². The monoisotopic (exact) mass is 488 g/mol. The molecule has 1 aliphatic carbocycles. The van der Waals surface area contributed by atoms with Crippen molar-refractivity contribution < 1.29 is 14.6 Å². The van der Waals surface area contributed by atoms with E-state index in [0.29, 0.717) is 24.3 Å². The fourth-order valence-corrected chi connectivity index (χ4v) is 5.07. The average molecular weight is 489 g/mol. The van der Waals surface area contributed by atoms with Crippen LogP contribution in [0.1, 0.15) is 55.4 Å². The smallest absolute Gasteiger partial charge is 0.120 e.